The molecule has 2 aromatic carbocycles. The van der Waals surface area contributed by atoms with Crippen molar-refractivity contribution in [3.63, 3.8) is 0 Å². The number of nitrogens with one attached hydrogen (secondary N) is 5. The largest absolute Gasteiger partial charge is 0.361 e. The Hall–Kier alpha value is -4.18. The van der Waals surface area contributed by atoms with Gasteiger partial charge in [-0.1, -0.05) is 36.4 Å². The smallest absolute Gasteiger partial charge is 0.247 e. The van der Waals surface area contributed by atoms with Gasteiger partial charge in [-0.05, 0) is 69.8 Å². The average molecular weight is 559 g/mol. The van der Waals surface area contributed by atoms with E-state index in [1.165, 1.54) is 0 Å². The number of hydrogen-bond acceptors (Lipinski definition) is 5. The molecule has 10 nitrogen and oxygen atoms in total. The van der Waals surface area contributed by atoms with E-state index in [-0.39, 0.29) is 30.2 Å². The number of aromatic nitrogens is 1. The van der Waals surface area contributed by atoms with Gasteiger partial charge < -0.3 is 31.2 Å². The fourth-order valence-electron chi connectivity index (χ4n) is 5.67. The van der Waals surface area contributed by atoms with Crippen LogP contribution in [0.15, 0.2) is 60.8 Å². The first-order valence-corrected chi connectivity index (χ1v) is 14.3. The average Bonchev–Trinajstić information content (AvgIpc) is 3.74. The van der Waals surface area contributed by atoms with Crippen LogP contribution in [-0.4, -0.2) is 70.3 Å². The lowest BCUT2D eigenvalue weighted by atomic mass is 9.99. The molecule has 4 amide bonds. The Morgan fingerprint density at radius 2 is 1.76 bits per heavy atom. The second-order valence-electron chi connectivity index (χ2n) is 11.4. The van der Waals surface area contributed by atoms with E-state index in [9.17, 15) is 19.2 Å². The predicted molar refractivity (Wildman–Crippen MR) is 157 cm³/mol. The number of para-hydroxylation sites is 2. The van der Waals surface area contributed by atoms with Crippen molar-refractivity contribution in [3.05, 3.63) is 66.4 Å². The number of aromatic amines is 1. The second kappa shape index (κ2) is 12.1. The maximum Gasteiger partial charge on any atom is 0.247 e. The highest BCUT2D eigenvalue weighted by Gasteiger charge is 2.41. The van der Waals surface area contributed by atoms with Gasteiger partial charge in [-0.3, -0.25) is 19.2 Å². The van der Waals surface area contributed by atoms with Crippen LogP contribution in [0.4, 0.5) is 5.69 Å². The van der Waals surface area contributed by atoms with Crippen molar-refractivity contribution < 1.29 is 19.2 Å². The number of hydrogen-bond donors (Lipinski definition) is 5. The van der Waals surface area contributed by atoms with Gasteiger partial charge in [0.15, 0.2) is 0 Å². The summed E-state index contributed by atoms with van der Waals surface area (Å²) in [4.78, 5) is 58.3. The molecule has 1 aromatic heterocycles. The van der Waals surface area contributed by atoms with Crippen LogP contribution >= 0.6 is 0 Å². The van der Waals surface area contributed by atoms with Gasteiger partial charge in [0.2, 0.25) is 23.6 Å². The molecule has 2 fully saturated rings. The Kier molecular flexibility index (Phi) is 8.39. The normalized spacial score (nSPS) is 19.6. The maximum atomic E-state index is 13.6. The van der Waals surface area contributed by atoms with Crippen molar-refractivity contribution in [1.29, 1.82) is 0 Å². The monoisotopic (exact) mass is 558 g/mol. The molecule has 0 saturated carbocycles. The molecule has 3 atom stereocenters. The zero-order chi connectivity index (χ0) is 29.0. The number of anilines is 1. The minimum absolute atomic E-state index is 0.0567. The Labute approximate surface area is 239 Å². The van der Waals surface area contributed by atoms with Crippen LogP contribution in [0.3, 0.4) is 0 Å². The lowest BCUT2D eigenvalue weighted by molar-refractivity contribution is -0.141. The molecule has 3 aromatic rings. The molecule has 216 valence electrons. The molecule has 41 heavy (non-hydrogen) atoms. The summed E-state index contributed by atoms with van der Waals surface area (Å²) in [6.45, 7) is 4.54. The molecule has 0 radical (unpaired) electrons. The van der Waals surface area contributed by atoms with Crippen LogP contribution in [0.25, 0.3) is 10.9 Å². The predicted octanol–water partition coefficient (Wildman–Crippen LogP) is 2.47. The van der Waals surface area contributed by atoms with Crippen molar-refractivity contribution in [1.82, 2.24) is 25.8 Å². The quantitative estimate of drug-likeness (QED) is 0.275. The van der Waals surface area contributed by atoms with Crippen LogP contribution in [0.1, 0.15) is 45.1 Å². The number of nitrogens with zero attached hydrogens (tertiary/aromatic N) is 1. The molecule has 0 bridgehead atoms. The van der Waals surface area contributed by atoms with Crippen molar-refractivity contribution in [2.24, 2.45) is 0 Å². The van der Waals surface area contributed by atoms with Crippen LogP contribution < -0.4 is 21.3 Å². The molecular formula is C31H38N6O4. The molecule has 0 spiro atoms. The van der Waals surface area contributed by atoms with E-state index < -0.39 is 23.5 Å². The van der Waals surface area contributed by atoms with Crippen molar-refractivity contribution in [2.45, 2.75) is 69.6 Å². The van der Waals surface area contributed by atoms with Gasteiger partial charge in [0.1, 0.15) is 17.6 Å². The third-order valence-electron chi connectivity index (χ3n) is 7.96. The highest BCUT2D eigenvalue weighted by atomic mass is 16.2. The molecule has 5 N–H and O–H groups in total. The Morgan fingerprint density at radius 3 is 2.51 bits per heavy atom. The van der Waals surface area contributed by atoms with Gasteiger partial charge in [-0.15, -0.1) is 0 Å². The number of carbonyl (C=O) groups excluding carboxylic acids is 4. The summed E-state index contributed by atoms with van der Waals surface area (Å²) < 4.78 is 0. The molecular weight excluding hydrogens is 520 g/mol. The summed E-state index contributed by atoms with van der Waals surface area (Å²) in [6, 6.07) is 15.0. The first kappa shape index (κ1) is 28.4. The Morgan fingerprint density at radius 1 is 1.00 bits per heavy atom. The summed E-state index contributed by atoms with van der Waals surface area (Å²) in [5.74, 6) is -1.28. The topological polar surface area (TPSA) is 135 Å². The maximum absolute atomic E-state index is 13.6. The highest BCUT2D eigenvalue weighted by Crippen LogP contribution is 2.23. The van der Waals surface area contributed by atoms with Gasteiger partial charge in [-0.25, -0.2) is 0 Å². The van der Waals surface area contributed by atoms with Gasteiger partial charge in [-0.2, -0.15) is 0 Å². The summed E-state index contributed by atoms with van der Waals surface area (Å²) >= 11 is 0. The van der Waals surface area contributed by atoms with Gasteiger partial charge in [0.25, 0.3) is 0 Å². The first-order chi connectivity index (χ1) is 19.7. The number of amides is 4. The zero-order valence-electron chi connectivity index (χ0n) is 23.5. The molecule has 5 rings (SSSR count). The first-order valence-electron chi connectivity index (χ1n) is 14.3. The summed E-state index contributed by atoms with van der Waals surface area (Å²) in [6.07, 6.45) is 5.07. The number of rotatable bonds is 9. The highest BCUT2D eigenvalue weighted by molar-refractivity contribution is 6.00. The second-order valence-corrected chi connectivity index (χ2v) is 11.4. The molecule has 3 heterocycles. The van der Waals surface area contributed by atoms with Gasteiger partial charge in [0, 0.05) is 35.8 Å². The third-order valence-corrected chi connectivity index (χ3v) is 7.96. The molecule has 2 saturated heterocycles. The number of benzene rings is 2. The number of likely N-dealkylation sites (tertiary alicyclic amines) is 1. The minimum atomic E-state index is -1.33. The van der Waals surface area contributed by atoms with Crippen LogP contribution in [-0.2, 0) is 25.6 Å². The van der Waals surface area contributed by atoms with E-state index in [4.69, 9.17) is 0 Å². The lowest BCUT2D eigenvalue weighted by Gasteiger charge is -2.32. The molecule has 2 aliphatic rings. The van der Waals surface area contributed by atoms with Crippen molar-refractivity contribution in [3.8, 4) is 0 Å². The van der Waals surface area contributed by atoms with Crippen molar-refractivity contribution >= 4 is 40.2 Å². The standard InChI is InChI=1S/C31H38N6O4/c1-31(2,36-28(39)26-15-9-17-37(26)29(40)24-14-8-16-32-24)30(41)35-25(27(38)34-21-10-4-3-5-11-21)18-20-19-33-23-13-7-6-12-22(20)23/h3-7,10-13,19,24-26,32-33H,8-9,14-18H2,1-2H3,(H,34,38)(H,35,41)(H,36,39)/t24-,25-,26-/m0/s1. The van der Waals surface area contributed by atoms with E-state index in [0.717, 1.165) is 42.3 Å². The van der Waals surface area contributed by atoms with Gasteiger partial charge in [0.05, 0.1) is 6.04 Å². The third kappa shape index (κ3) is 6.43. The van der Waals surface area contributed by atoms with E-state index in [1.54, 1.807) is 30.9 Å². The number of carbonyl (C=O) groups is 4. The molecule has 0 aliphatic carbocycles. The summed E-state index contributed by atoms with van der Waals surface area (Å²) in [5.41, 5.74) is 1.11. The fraction of sp³-hybridized carbons (Fsp3) is 0.419. The summed E-state index contributed by atoms with van der Waals surface area (Å²) in [7, 11) is 0. The van der Waals surface area contributed by atoms with Crippen LogP contribution in [0.2, 0.25) is 0 Å². The van der Waals surface area contributed by atoms with E-state index >= 15 is 0 Å². The van der Waals surface area contributed by atoms with E-state index in [2.05, 4.69) is 26.3 Å². The molecule has 0 unspecified atom stereocenters. The zero-order valence-corrected chi connectivity index (χ0v) is 23.5. The summed E-state index contributed by atoms with van der Waals surface area (Å²) in [5, 5.41) is 12.8. The lowest BCUT2D eigenvalue weighted by Crippen LogP contribution is -2.61. The molecule has 10 heteroatoms. The molecule has 2 aliphatic heterocycles. The van der Waals surface area contributed by atoms with Gasteiger partial charge >= 0.3 is 0 Å². The van der Waals surface area contributed by atoms with Crippen LogP contribution in [0, 0.1) is 0 Å². The van der Waals surface area contributed by atoms with Crippen molar-refractivity contribution in [2.75, 3.05) is 18.4 Å². The Balaban J connectivity index is 1.29. The van der Waals surface area contributed by atoms with E-state index in [0.29, 0.717) is 18.7 Å². The Bertz CT molecular complexity index is 1410. The number of fused-ring (bicyclic) bond motifs is 1. The number of H-pyrrole nitrogens is 1. The fourth-order valence-corrected chi connectivity index (χ4v) is 5.67. The SMILES string of the molecule is CC(C)(NC(=O)[C@@H]1CCCN1C(=O)[C@@H]1CCCN1)C(=O)N[C@@H](Cc1c[nH]c2ccccc12)C(=O)Nc1ccccc1. The van der Waals surface area contributed by atoms with Crippen LogP contribution in [0.5, 0.6) is 0 Å². The minimum Gasteiger partial charge on any atom is -0.361 e. The van der Waals surface area contributed by atoms with E-state index in [1.807, 2.05) is 48.7 Å².